The molecule has 152 valence electrons. The van der Waals surface area contributed by atoms with Crippen molar-refractivity contribution in [2.45, 2.75) is 33.2 Å². The number of nitrogens with one attached hydrogen (secondary N) is 1. The highest BCUT2D eigenvalue weighted by Gasteiger charge is 2.25. The van der Waals surface area contributed by atoms with Crippen LogP contribution in [0, 0.1) is 11.8 Å². The van der Waals surface area contributed by atoms with Gasteiger partial charge in [0, 0.05) is 45.5 Å². The molecule has 1 unspecified atom stereocenters. The highest BCUT2D eigenvalue weighted by Crippen LogP contribution is 2.24. The van der Waals surface area contributed by atoms with Crippen LogP contribution in [0.3, 0.4) is 0 Å². The number of aliphatic imine (C=N–C) groups is 1. The summed E-state index contributed by atoms with van der Waals surface area (Å²) >= 11 is 0. The van der Waals surface area contributed by atoms with Gasteiger partial charge in [0.1, 0.15) is 0 Å². The first-order valence-electron chi connectivity index (χ1n) is 10.0. The lowest BCUT2D eigenvalue weighted by atomic mass is 9.97. The Kier molecular flexibility index (Phi) is 9.15. The summed E-state index contributed by atoms with van der Waals surface area (Å²) < 4.78 is 5.50. The standard InChI is InChI=1S/C21H34N4O.HI/c1-17(2)14-18-8-9-25(16-18)21(22-3)23-15-19-6-4-5-7-20(19)24-10-12-26-13-11-24;/h4-7,17-18H,8-16H2,1-3H3,(H,22,23);1H. The van der Waals surface area contributed by atoms with Crippen molar-refractivity contribution in [2.24, 2.45) is 16.8 Å². The number of ether oxygens (including phenoxy) is 1. The number of rotatable bonds is 5. The second-order valence-electron chi connectivity index (χ2n) is 7.86. The molecule has 1 N–H and O–H groups in total. The minimum Gasteiger partial charge on any atom is -0.378 e. The molecule has 3 rings (SSSR count). The van der Waals surface area contributed by atoms with E-state index in [2.05, 4.69) is 58.2 Å². The minimum absolute atomic E-state index is 0. The maximum absolute atomic E-state index is 5.50. The lowest BCUT2D eigenvalue weighted by Crippen LogP contribution is -2.40. The number of anilines is 1. The maximum atomic E-state index is 5.50. The number of likely N-dealkylation sites (tertiary alicyclic amines) is 1. The molecule has 0 radical (unpaired) electrons. The Morgan fingerprint density at radius 3 is 2.67 bits per heavy atom. The Labute approximate surface area is 181 Å². The van der Waals surface area contributed by atoms with Crippen LogP contribution in [0.2, 0.25) is 0 Å². The number of halogens is 1. The number of nitrogens with zero attached hydrogens (tertiary/aromatic N) is 3. The van der Waals surface area contributed by atoms with Crippen LogP contribution in [-0.2, 0) is 11.3 Å². The van der Waals surface area contributed by atoms with Crippen LogP contribution < -0.4 is 10.2 Å². The Hall–Kier alpha value is -1.02. The third-order valence-corrected chi connectivity index (χ3v) is 5.38. The second kappa shape index (κ2) is 11.1. The van der Waals surface area contributed by atoms with Gasteiger partial charge in [-0.05, 0) is 36.3 Å². The van der Waals surface area contributed by atoms with E-state index >= 15 is 0 Å². The smallest absolute Gasteiger partial charge is 0.193 e. The van der Waals surface area contributed by atoms with Crippen LogP contribution >= 0.6 is 24.0 Å². The largest absolute Gasteiger partial charge is 0.378 e. The molecule has 1 aromatic rings. The maximum Gasteiger partial charge on any atom is 0.193 e. The molecule has 0 spiro atoms. The molecular weight excluding hydrogens is 451 g/mol. The van der Waals surface area contributed by atoms with Crippen molar-refractivity contribution in [2.75, 3.05) is 51.3 Å². The van der Waals surface area contributed by atoms with Gasteiger partial charge in [0.2, 0.25) is 0 Å². The predicted octanol–water partition coefficient (Wildman–Crippen LogP) is 3.58. The van der Waals surface area contributed by atoms with Crippen molar-refractivity contribution in [1.29, 1.82) is 0 Å². The van der Waals surface area contributed by atoms with Crippen LogP contribution in [0.4, 0.5) is 5.69 Å². The number of benzene rings is 1. The average Bonchev–Trinajstić information content (AvgIpc) is 3.11. The van der Waals surface area contributed by atoms with Gasteiger partial charge in [-0.3, -0.25) is 4.99 Å². The van der Waals surface area contributed by atoms with Crippen molar-refractivity contribution in [1.82, 2.24) is 10.2 Å². The van der Waals surface area contributed by atoms with Crippen molar-refractivity contribution in [3.8, 4) is 0 Å². The lowest BCUT2D eigenvalue weighted by molar-refractivity contribution is 0.122. The monoisotopic (exact) mass is 486 g/mol. The van der Waals surface area contributed by atoms with Crippen LogP contribution in [0.1, 0.15) is 32.3 Å². The number of hydrogen-bond donors (Lipinski definition) is 1. The molecule has 2 aliphatic heterocycles. The van der Waals surface area contributed by atoms with E-state index in [0.717, 1.165) is 63.7 Å². The van der Waals surface area contributed by atoms with E-state index < -0.39 is 0 Å². The minimum atomic E-state index is 0. The molecule has 0 aromatic heterocycles. The Bertz CT molecular complexity index is 602. The number of morpholine rings is 1. The molecule has 0 saturated carbocycles. The summed E-state index contributed by atoms with van der Waals surface area (Å²) in [6.45, 7) is 11.2. The van der Waals surface area contributed by atoms with E-state index in [1.165, 1.54) is 24.1 Å². The molecule has 6 heteroatoms. The summed E-state index contributed by atoms with van der Waals surface area (Å²) in [4.78, 5) is 9.39. The SMILES string of the molecule is CN=C(NCc1ccccc1N1CCOCC1)N1CCC(CC(C)C)C1.I. The molecule has 1 aromatic carbocycles. The van der Waals surface area contributed by atoms with Crippen molar-refractivity contribution >= 4 is 35.6 Å². The first-order chi connectivity index (χ1) is 12.7. The summed E-state index contributed by atoms with van der Waals surface area (Å²) in [5, 5.41) is 3.60. The zero-order valence-electron chi connectivity index (χ0n) is 17.0. The Morgan fingerprint density at radius 2 is 1.96 bits per heavy atom. The van der Waals surface area contributed by atoms with Gasteiger partial charge >= 0.3 is 0 Å². The lowest BCUT2D eigenvalue weighted by Gasteiger charge is -2.31. The van der Waals surface area contributed by atoms with E-state index in [4.69, 9.17) is 4.74 Å². The fourth-order valence-electron chi connectivity index (χ4n) is 4.16. The van der Waals surface area contributed by atoms with Gasteiger partial charge in [0.05, 0.1) is 13.2 Å². The fraction of sp³-hybridized carbons (Fsp3) is 0.667. The summed E-state index contributed by atoms with van der Waals surface area (Å²) in [5.74, 6) is 2.61. The number of guanidine groups is 1. The second-order valence-corrected chi connectivity index (χ2v) is 7.86. The van der Waals surface area contributed by atoms with E-state index in [1.807, 2.05) is 7.05 Å². The van der Waals surface area contributed by atoms with Gasteiger partial charge in [-0.25, -0.2) is 0 Å². The number of hydrogen-bond acceptors (Lipinski definition) is 3. The van der Waals surface area contributed by atoms with E-state index in [0.29, 0.717) is 0 Å². The normalized spacial score (nSPS) is 20.7. The van der Waals surface area contributed by atoms with Crippen molar-refractivity contribution in [3.05, 3.63) is 29.8 Å². The fourth-order valence-corrected chi connectivity index (χ4v) is 4.16. The molecule has 5 nitrogen and oxygen atoms in total. The summed E-state index contributed by atoms with van der Waals surface area (Å²) in [7, 11) is 1.89. The van der Waals surface area contributed by atoms with Crippen LogP contribution in [0.25, 0.3) is 0 Å². The third-order valence-electron chi connectivity index (χ3n) is 5.38. The number of para-hydroxylation sites is 1. The predicted molar refractivity (Wildman–Crippen MR) is 124 cm³/mol. The highest BCUT2D eigenvalue weighted by molar-refractivity contribution is 14.0. The molecule has 2 saturated heterocycles. The van der Waals surface area contributed by atoms with Gasteiger partial charge in [-0.1, -0.05) is 32.0 Å². The summed E-state index contributed by atoms with van der Waals surface area (Å²) in [5.41, 5.74) is 2.64. The Balaban J connectivity index is 0.00000261. The van der Waals surface area contributed by atoms with Crippen LogP contribution in [-0.4, -0.2) is 57.3 Å². The van der Waals surface area contributed by atoms with Gasteiger partial charge in [0.25, 0.3) is 0 Å². The van der Waals surface area contributed by atoms with Crippen molar-refractivity contribution < 1.29 is 4.74 Å². The zero-order valence-corrected chi connectivity index (χ0v) is 19.3. The zero-order chi connectivity index (χ0) is 18.4. The third kappa shape index (κ3) is 6.24. The molecule has 2 fully saturated rings. The molecule has 2 heterocycles. The first-order valence-corrected chi connectivity index (χ1v) is 10.0. The molecule has 27 heavy (non-hydrogen) atoms. The first kappa shape index (κ1) is 22.3. The molecule has 1 atom stereocenters. The quantitative estimate of drug-likeness (QED) is 0.393. The summed E-state index contributed by atoms with van der Waals surface area (Å²) in [6, 6.07) is 8.69. The van der Waals surface area contributed by atoms with Crippen LogP contribution in [0.5, 0.6) is 0 Å². The van der Waals surface area contributed by atoms with E-state index in [9.17, 15) is 0 Å². The Morgan fingerprint density at radius 1 is 1.22 bits per heavy atom. The average molecular weight is 486 g/mol. The topological polar surface area (TPSA) is 40.1 Å². The van der Waals surface area contributed by atoms with Gasteiger partial charge in [-0.2, -0.15) is 0 Å². The molecule has 0 bridgehead atoms. The van der Waals surface area contributed by atoms with Gasteiger partial charge < -0.3 is 19.9 Å². The van der Waals surface area contributed by atoms with Gasteiger partial charge in [0.15, 0.2) is 5.96 Å². The molecular formula is C21H35IN4O. The van der Waals surface area contributed by atoms with Crippen LogP contribution in [0.15, 0.2) is 29.3 Å². The summed E-state index contributed by atoms with van der Waals surface area (Å²) in [6.07, 6.45) is 2.59. The molecule has 0 aliphatic carbocycles. The molecule has 0 amide bonds. The van der Waals surface area contributed by atoms with Crippen molar-refractivity contribution in [3.63, 3.8) is 0 Å². The molecule has 2 aliphatic rings. The van der Waals surface area contributed by atoms with E-state index in [-0.39, 0.29) is 24.0 Å². The van der Waals surface area contributed by atoms with E-state index in [1.54, 1.807) is 0 Å². The highest BCUT2D eigenvalue weighted by atomic mass is 127. The van der Waals surface area contributed by atoms with Gasteiger partial charge in [-0.15, -0.1) is 24.0 Å².